The van der Waals surface area contributed by atoms with Crippen LogP contribution in [0.4, 0.5) is 5.69 Å². The molecule has 0 unspecified atom stereocenters. The van der Waals surface area contributed by atoms with Crippen LogP contribution in [0.3, 0.4) is 0 Å². The Morgan fingerprint density at radius 3 is 2.73 bits per heavy atom. The third-order valence-electron chi connectivity index (χ3n) is 3.28. The number of hydrogen-bond donors (Lipinski definition) is 0. The number of hydrogen-bond acceptors (Lipinski definition) is 5. The van der Waals surface area contributed by atoms with Gasteiger partial charge in [0.1, 0.15) is 10.6 Å². The fourth-order valence-electron chi connectivity index (χ4n) is 2.14. The van der Waals surface area contributed by atoms with Gasteiger partial charge in [0.15, 0.2) is 4.80 Å². The Hall–Kier alpha value is -2.47. The smallest absolute Gasteiger partial charge is 0.263 e. The van der Waals surface area contributed by atoms with E-state index in [-0.39, 0.29) is 5.56 Å². The first kappa shape index (κ1) is 14.5. The van der Waals surface area contributed by atoms with Gasteiger partial charge in [-0.05, 0) is 43.3 Å². The van der Waals surface area contributed by atoms with E-state index in [9.17, 15) is 4.79 Å². The van der Waals surface area contributed by atoms with E-state index >= 15 is 0 Å². The van der Waals surface area contributed by atoms with Crippen molar-refractivity contribution in [1.82, 2.24) is 9.55 Å². The molecule has 0 amide bonds. The average Bonchev–Trinajstić information content (AvgIpc) is 2.56. The maximum absolute atomic E-state index is 12.5. The van der Waals surface area contributed by atoms with Gasteiger partial charge in [-0.1, -0.05) is 11.3 Å². The van der Waals surface area contributed by atoms with Crippen LogP contribution in [0.1, 0.15) is 6.92 Å². The van der Waals surface area contributed by atoms with Crippen molar-refractivity contribution in [2.45, 2.75) is 13.5 Å². The average molecular weight is 313 g/mol. The predicted octanol–water partition coefficient (Wildman–Crippen LogP) is 2.72. The zero-order chi connectivity index (χ0) is 15.5. The van der Waals surface area contributed by atoms with E-state index in [0.717, 1.165) is 11.4 Å². The van der Waals surface area contributed by atoms with Crippen LogP contribution in [0.2, 0.25) is 0 Å². The number of fused-ring (bicyclic) bond motifs is 1. The van der Waals surface area contributed by atoms with Crippen molar-refractivity contribution >= 4 is 27.2 Å². The first-order valence-electron chi connectivity index (χ1n) is 6.90. The van der Waals surface area contributed by atoms with Crippen molar-refractivity contribution in [3.05, 3.63) is 57.8 Å². The van der Waals surface area contributed by atoms with Crippen LogP contribution in [0.25, 0.3) is 10.2 Å². The molecule has 6 heteroatoms. The van der Waals surface area contributed by atoms with Gasteiger partial charge in [-0.15, -0.1) is 0 Å². The highest BCUT2D eigenvalue weighted by Gasteiger charge is 2.06. The van der Waals surface area contributed by atoms with Gasteiger partial charge in [-0.2, -0.15) is 0 Å². The van der Waals surface area contributed by atoms with Crippen LogP contribution in [-0.4, -0.2) is 16.7 Å². The molecule has 3 rings (SSSR count). The Bertz CT molecular complexity index is 927. The second-order valence-electron chi connectivity index (χ2n) is 4.60. The van der Waals surface area contributed by atoms with Gasteiger partial charge in [-0.25, -0.2) is 9.98 Å². The Morgan fingerprint density at radius 2 is 2.05 bits per heavy atom. The first-order chi connectivity index (χ1) is 10.7. The predicted molar refractivity (Wildman–Crippen MR) is 87.8 cm³/mol. The van der Waals surface area contributed by atoms with Gasteiger partial charge in [0.2, 0.25) is 0 Å². The summed E-state index contributed by atoms with van der Waals surface area (Å²) in [6, 6.07) is 11.0. The minimum absolute atomic E-state index is 0.0587. The highest BCUT2D eigenvalue weighted by molar-refractivity contribution is 7.15. The molecule has 0 atom stereocenters. The van der Waals surface area contributed by atoms with Crippen molar-refractivity contribution in [2.75, 3.05) is 7.11 Å². The molecule has 112 valence electrons. The van der Waals surface area contributed by atoms with Gasteiger partial charge in [-0.3, -0.25) is 9.36 Å². The first-order valence-corrected chi connectivity index (χ1v) is 7.72. The monoisotopic (exact) mass is 313 g/mol. The zero-order valence-corrected chi connectivity index (χ0v) is 13.1. The van der Waals surface area contributed by atoms with E-state index in [4.69, 9.17) is 4.74 Å². The molecule has 1 aromatic carbocycles. The second kappa shape index (κ2) is 6.11. The van der Waals surface area contributed by atoms with Gasteiger partial charge < -0.3 is 4.74 Å². The van der Waals surface area contributed by atoms with E-state index in [2.05, 4.69) is 9.98 Å². The molecule has 0 saturated heterocycles. The topological polar surface area (TPSA) is 56.5 Å². The lowest BCUT2D eigenvalue weighted by Crippen LogP contribution is -2.31. The Morgan fingerprint density at radius 1 is 1.27 bits per heavy atom. The molecule has 0 radical (unpaired) electrons. The molecule has 0 saturated carbocycles. The highest BCUT2D eigenvalue weighted by atomic mass is 32.1. The zero-order valence-electron chi connectivity index (χ0n) is 12.3. The van der Waals surface area contributed by atoms with Crippen LogP contribution < -0.4 is 15.1 Å². The number of nitrogens with zero attached hydrogens (tertiary/aromatic N) is 3. The van der Waals surface area contributed by atoms with Crippen molar-refractivity contribution in [3.8, 4) is 5.75 Å². The molecule has 3 aromatic rings. The van der Waals surface area contributed by atoms with Crippen molar-refractivity contribution in [3.63, 3.8) is 0 Å². The van der Waals surface area contributed by atoms with Crippen molar-refractivity contribution in [2.24, 2.45) is 4.99 Å². The highest BCUT2D eigenvalue weighted by Crippen LogP contribution is 2.17. The minimum atomic E-state index is -0.0587. The number of benzene rings is 1. The molecular formula is C16H15N3O2S. The number of aromatic nitrogens is 2. The van der Waals surface area contributed by atoms with E-state index in [0.29, 0.717) is 21.6 Å². The van der Waals surface area contributed by atoms with Crippen LogP contribution in [-0.2, 0) is 6.54 Å². The summed E-state index contributed by atoms with van der Waals surface area (Å²) < 4.78 is 6.80. The third kappa shape index (κ3) is 2.65. The standard InChI is InChI=1S/C16H15N3O2S/c1-3-19-15(20)13-5-4-10-17-14(13)22-16(19)18-11-6-8-12(21-2)9-7-11/h4-10H,3H2,1-2H3/b18-16-. The maximum atomic E-state index is 12.5. The molecular weight excluding hydrogens is 298 g/mol. The van der Waals surface area contributed by atoms with Crippen LogP contribution in [0.15, 0.2) is 52.4 Å². The van der Waals surface area contributed by atoms with E-state index in [1.807, 2.05) is 31.2 Å². The molecule has 0 aliphatic carbocycles. The Kier molecular flexibility index (Phi) is 4.02. The Labute approximate surface area is 131 Å². The molecule has 0 N–H and O–H groups in total. The van der Waals surface area contributed by atoms with Gasteiger partial charge in [0.25, 0.3) is 5.56 Å². The molecule has 22 heavy (non-hydrogen) atoms. The lowest BCUT2D eigenvalue weighted by atomic mass is 10.3. The van der Waals surface area contributed by atoms with Gasteiger partial charge in [0.05, 0.1) is 18.2 Å². The molecule has 2 aromatic heterocycles. The third-order valence-corrected chi connectivity index (χ3v) is 4.29. The summed E-state index contributed by atoms with van der Waals surface area (Å²) in [6.45, 7) is 2.50. The molecule has 0 fully saturated rings. The van der Waals surface area contributed by atoms with Gasteiger partial charge >= 0.3 is 0 Å². The van der Waals surface area contributed by atoms with E-state index in [1.165, 1.54) is 11.3 Å². The number of methoxy groups -OCH3 is 1. The summed E-state index contributed by atoms with van der Waals surface area (Å²) in [6.07, 6.45) is 1.69. The van der Waals surface area contributed by atoms with Crippen LogP contribution in [0.5, 0.6) is 5.75 Å². The summed E-state index contributed by atoms with van der Waals surface area (Å²) in [5.41, 5.74) is 0.713. The fraction of sp³-hybridized carbons (Fsp3) is 0.188. The summed E-state index contributed by atoms with van der Waals surface area (Å²) in [5, 5.41) is 0.628. The summed E-state index contributed by atoms with van der Waals surface area (Å²) in [5.74, 6) is 0.774. The Balaban J connectivity index is 2.24. The molecule has 5 nitrogen and oxygen atoms in total. The fourth-order valence-corrected chi connectivity index (χ4v) is 3.16. The quantitative estimate of drug-likeness (QED) is 0.747. The molecule has 0 spiro atoms. The second-order valence-corrected chi connectivity index (χ2v) is 5.56. The van der Waals surface area contributed by atoms with E-state index < -0.39 is 0 Å². The summed E-state index contributed by atoms with van der Waals surface area (Å²) in [4.78, 5) is 22.7. The molecule has 0 bridgehead atoms. The largest absolute Gasteiger partial charge is 0.497 e. The van der Waals surface area contributed by atoms with Crippen LogP contribution >= 0.6 is 11.3 Å². The minimum Gasteiger partial charge on any atom is -0.497 e. The lowest BCUT2D eigenvalue weighted by molar-refractivity contribution is 0.415. The lowest BCUT2D eigenvalue weighted by Gasteiger charge is -2.05. The number of rotatable bonds is 3. The SMILES string of the molecule is CCn1c(=O)c2cccnc2s/c1=N\c1ccc(OC)cc1. The van der Waals surface area contributed by atoms with Crippen molar-refractivity contribution in [1.29, 1.82) is 0 Å². The normalized spacial score (nSPS) is 11.8. The molecule has 2 heterocycles. The van der Waals surface area contributed by atoms with E-state index in [1.54, 1.807) is 30.0 Å². The molecule has 0 aliphatic heterocycles. The number of pyridine rings is 1. The molecule has 0 aliphatic rings. The van der Waals surface area contributed by atoms with Gasteiger partial charge in [0, 0.05) is 12.7 Å². The summed E-state index contributed by atoms with van der Waals surface area (Å²) >= 11 is 1.41. The van der Waals surface area contributed by atoms with Crippen LogP contribution in [0, 0.1) is 0 Å². The van der Waals surface area contributed by atoms with Crippen molar-refractivity contribution < 1.29 is 4.74 Å². The maximum Gasteiger partial charge on any atom is 0.263 e. The summed E-state index contributed by atoms with van der Waals surface area (Å²) in [7, 11) is 1.62. The number of ether oxygens (including phenoxy) is 1.